The van der Waals surface area contributed by atoms with Crippen molar-refractivity contribution in [2.75, 3.05) is 0 Å². The average Bonchev–Trinajstić information content (AvgIpc) is 3.08. The van der Waals surface area contributed by atoms with Gasteiger partial charge in [-0.05, 0) is 55.2 Å². The summed E-state index contributed by atoms with van der Waals surface area (Å²) >= 11 is 0. The van der Waals surface area contributed by atoms with Gasteiger partial charge in [-0.15, -0.1) is 0 Å². The van der Waals surface area contributed by atoms with Gasteiger partial charge in [0, 0.05) is 24.8 Å². The van der Waals surface area contributed by atoms with Gasteiger partial charge in [-0.25, -0.2) is 0 Å². The van der Waals surface area contributed by atoms with Gasteiger partial charge >= 0.3 is 5.97 Å². The van der Waals surface area contributed by atoms with Crippen LogP contribution in [0.4, 0.5) is 0 Å². The number of aliphatic hydroxyl groups excluding tert-OH is 1. The van der Waals surface area contributed by atoms with Crippen molar-refractivity contribution in [2.45, 2.75) is 70.8 Å². The number of rotatable bonds is 3. The Hall–Kier alpha value is -2.70. The van der Waals surface area contributed by atoms with Crippen LogP contribution in [0.2, 0.25) is 0 Å². The third kappa shape index (κ3) is 4.69. The van der Waals surface area contributed by atoms with E-state index in [1.165, 1.54) is 6.92 Å². The average molecular weight is 494 g/mol. The largest absolute Gasteiger partial charge is 0.457 e. The third-order valence-electron chi connectivity index (χ3n) is 8.43. The van der Waals surface area contributed by atoms with E-state index in [2.05, 4.69) is 18.8 Å². The number of esters is 1. The van der Waals surface area contributed by atoms with Gasteiger partial charge < -0.3 is 20.3 Å². The molecule has 1 amide bonds. The summed E-state index contributed by atoms with van der Waals surface area (Å²) in [6, 6.07) is 9.73. The lowest BCUT2D eigenvalue weighted by Gasteiger charge is -2.52. The first-order chi connectivity index (χ1) is 17.0. The van der Waals surface area contributed by atoms with Crippen LogP contribution in [0.25, 0.3) is 0 Å². The molecule has 3 aliphatic rings. The molecule has 1 aromatic rings. The number of aliphatic hydroxyl groups is 2. The summed E-state index contributed by atoms with van der Waals surface area (Å²) in [5.41, 5.74) is -0.635. The predicted molar refractivity (Wildman–Crippen MR) is 139 cm³/mol. The topological polar surface area (TPSA) is 95.9 Å². The van der Waals surface area contributed by atoms with Crippen molar-refractivity contribution in [3.8, 4) is 0 Å². The van der Waals surface area contributed by atoms with Crippen LogP contribution in [0.5, 0.6) is 0 Å². The number of amides is 1. The van der Waals surface area contributed by atoms with Gasteiger partial charge in [0.15, 0.2) is 0 Å². The summed E-state index contributed by atoms with van der Waals surface area (Å²) in [5, 5.41) is 25.8. The molecule has 1 saturated carbocycles. The van der Waals surface area contributed by atoms with Crippen molar-refractivity contribution >= 4 is 11.9 Å². The Morgan fingerprint density at radius 3 is 2.58 bits per heavy atom. The van der Waals surface area contributed by atoms with Gasteiger partial charge in [0.25, 0.3) is 0 Å². The minimum absolute atomic E-state index is 0.170. The normalized spacial score (nSPS) is 42.3. The Labute approximate surface area is 214 Å². The quantitative estimate of drug-likeness (QED) is 0.440. The molecule has 0 bridgehead atoms. The highest BCUT2D eigenvalue weighted by molar-refractivity contribution is 5.89. The molecule has 0 aromatic heterocycles. The molecule has 1 saturated heterocycles. The first-order valence-electron chi connectivity index (χ1n) is 12.9. The Balaban J connectivity index is 1.92. The molecular formula is C30H39NO5. The van der Waals surface area contributed by atoms with Gasteiger partial charge in [-0.3, -0.25) is 9.59 Å². The molecule has 1 spiro atoms. The summed E-state index contributed by atoms with van der Waals surface area (Å²) in [5.74, 6) is -1.75. The lowest BCUT2D eigenvalue weighted by Crippen LogP contribution is -2.60. The number of nitrogens with one attached hydrogen (secondary N) is 1. The molecule has 194 valence electrons. The molecular weight excluding hydrogens is 454 g/mol. The summed E-state index contributed by atoms with van der Waals surface area (Å²) in [7, 11) is 0. The number of hydrogen-bond acceptors (Lipinski definition) is 5. The van der Waals surface area contributed by atoms with Gasteiger partial charge in [0.2, 0.25) is 5.91 Å². The molecule has 9 atom stereocenters. The van der Waals surface area contributed by atoms with E-state index in [0.717, 1.165) is 5.56 Å². The number of carbonyl (C=O) groups excluding carboxylic acids is 2. The standard InChI is InChI=1S/C30H39NO5/c1-18-10-9-13-23-27(33)20(3)19(2)26-24(16-22-11-7-6-8-12-22)31-28(34)30(23,26)25(36-21(4)32)14-15-29(5,35)17-18/h6-9,11-15,18-19,23-27,33,35H,3,10,16-17H2,1-2,4-5H3,(H,31,34)/b13-9+,15-14+/t18-,19+,23-,24-,25+,26-,27+,29-,30-/m0/s1. The van der Waals surface area contributed by atoms with Crippen molar-refractivity contribution in [1.82, 2.24) is 5.32 Å². The fourth-order valence-corrected chi connectivity index (χ4v) is 6.90. The fraction of sp³-hybridized carbons (Fsp3) is 0.533. The van der Waals surface area contributed by atoms with E-state index in [1.54, 1.807) is 19.1 Å². The molecule has 6 nitrogen and oxygen atoms in total. The lowest BCUT2D eigenvalue weighted by molar-refractivity contribution is -0.166. The molecule has 1 heterocycles. The molecule has 0 radical (unpaired) electrons. The van der Waals surface area contributed by atoms with Crippen molar-refractivity contribution in [2.24, 2.45) is 29.1 Å². The summed E-state index contributed by atoms with van der Waals surface area (Å²) in [4.78, 5) is 26.5. The first-order valence-corrected chi connectivity index (χ1v) is 12.9. The van der Waals surface area contributed by atoms with E-state index < -0.39 is 35.1 Å². The lowest BCUT2D eigenvalue weighted by atomic mass is 9.51. The third-order valence-corrected chi connectivity index (χ3v) is 8.43. The molecule has 1 aromatic carbocycles. The van der Waals surface area contributed by atoms with Crippen molar-refractivity contribution in [3.63, 3.8) is 0 Å². The molecule has 2 fully saturated rings. The van der Waals surface area contributed by atoms with Crippen LogP contribution in [0.15, 0.2) is 66.8 Å². The molecule has 3 N–H and O–H groups in total. The van der Waals surface area contributed by atoms with Crippen LogP contribution < -0.4 is 5.32 Å². The maximum absolute atomic E-state index is 14.2. The highest BCUT2D eigenvalue weighted by Gasteiger charge is 2.68. The van der Waals surface area contributed by atoms with E-state index in [-0.39, 0.29) is 29.7 Å². The maximum atomic E-state index is 14.2. The van der Waals surface area contributed by atoms with Crippen molar-refractivity contribution < 1.29 is 24.5 Å². The second kappa shape index (κ2) is 9.98. The summed E-state index contributed by atoms with van der Waals surface area (Å²) in [6.45, 7) is 11.3. The van der Waals surface area contributed by atoms with Crippen LogP contribution in [0.1, 0.15) is 46.1 Å². The fourth-order valence-electron chi connectivity index (χ4n) is 6.90. The number of hydrogen-bond donors (Lipinski definition) is 3. The molecule has 6 heteroatoms. The van der Waals surface area contributed by atoms with E-state index >= 15 is 0 Å². The highest BCUT2D eigenvalue weighted by Crippen LogP contribution is 2.58. The van der Waals surface area contributed by atoms with Gasteiger partial charge in [-0.2, -0.15) is 0 Å². The van der Waals surface area contributed by atoms with Crippen LogP contribution in [-0.2, 0) is 20.7 Å². The number of ether oxygens (including phenoxy) is 1. The Morgan fingerprint density at radius 2 is 1.92 bits per heavy atom. The van der Waals surface area contributed by atoms with E-state index in [0.29, 0.717) is 24.8 Å². The van der Waals surface area contributed by atoms with Gasteiger partial charge in [0.05, 0.1) is 11.7 Å². The van der Waals surface area contributed by atoms with Crippen LogP contribution in [0.3, 0.4) is 0 Å². The SMILES string of the molecule is C=C1[C@@H](C)[C@H]2[C@H](Cc3ccccc3)NC(=O)[C@@]23[C@H](OC(C)=O)/C=C/[C@](C)(O)C[C@@H](C)C/C=C/[C@H]3[C@@H]1O. The smallest absolute Gasteiger partial charge is 0.303 e. The van der Waals surface area contributed by atoms with Gasteiger partial charge in [-0.1, -0.05) is 69.0 Å². The van der Waals surface area contributed by atoms with Crippen molar-refractivity contribution in [1.29, 1.82) is 0 Å². The van der Waals surface area contributed by atoms with Crippen LogP contribution in [-0.4, -0.2) is 45.9 Å². The minimum Gasteiger partial charge on any atom is -0.457 e. The zero-order valence-corrected chi connectivity index (χ0v) is 21.7. The number of allylic oxidation sites excluding steroid dienone is 1. The molecule has 1 aliphatic heterocycles. The maximum Gasteiger partial charge on any atom is 0.303 e. The highest BCUT2D eigenvalue weighted by atomic mass is 16.5. The van der Waals surface area contributed by atoms with Crippen LogP contribution >= 0.6 is 0 Å². The second-order valence-corrected chi connectivity index (χ2v) is 11.3. The minimum atomic E-state index is -1.26. The summed E-state index contributed by atoms with van der Waals surface area (Å²) in [6.07, 6.45) is 7.09. The zero-order valence-electron chi connectivity index (χ0n) is 21.7. The molecule has 2 aliphatic carbocycles. The number of benzene rings is 1. The monoisotopic (exact) mass is 493 g/mol. The Morgan fingerprint density at radius 1 is 1.22 bits per heavy atom. The van der Waals surface area contributed by atoms with Crippen LogP contribution in [0, 0.1) is 29.1 Å². The van der Waals surface area contributed by atoms with E-state index in [9.17, 15) is 19.8 Å². The van der Waals surface area contributed by atoms with E-state index in [4.69, 9.17) is 4.74 Å². The Bertz CT molecular complexity index is 1060. The van der Waals surface area contributed by atoms with E-state index in [1.807, 2.05) is 49.4 Å². The second-order valence-electron chi connectivity index (χ2n) is 11.3. The first kappa shape index (κ1) is 26.4. The number of carbonyl (C=O) groups is 2. The zero-order chi connectivity index (χ0) is 26.3. The molecule has 0 unspecified atom stereocenters. The van der Waals surface area contributed by atoms with Gasteiger partial charge in [0.1, 0.15) is 11.5 Å². The summed E-state index contributed by atoms with van der Waals surface area (Å²) < 4.78 is 5.89. The Kier molecular flexibility index (Phi) is 7.31. The molecule has 4 rings (SSSR count). The molecule has 36 heavy (non-hydrogen) atoms. The predicted octanol–water partition coefficient (Wildman–Crippen LogP) is 3.74. The van der Waals surface area contributed by atoms with Crippen molar-refractivity contribution in [3.05, 3.63) is 72.4 Å².